The standard InChI is InChI=1S/C7H17NO/c1-6(2)5-7(9)3-4-8/h6-7,9H,3-5,8H2,1-2H3/t7-/m0/s1. The van der Waals surface area contributed by atoms with Gasteiger partial charge in [0, 0.05) is 0 Å². The van der Waals surface area contributed by atoms with Crippen LogP contribution in [0.1, 0.15) is 26.7 Å². The van der Waals surface area contributed by atoms with Gasteiger partial charge in [0.1, 0.15) is 0 Å². The summed E-state index contributed by atoms with van der Waals surface area (Å²) in [5.74, 6) is 0.576. The molecule has 0 saturated heterocycles. The molecule has 0 heterocycles. The maximum atomic E-state index is 9.14. The largest absolute Gasteiger partial charge is 0.393 e. The van der Waals surface area contributed by atoms with Crippen LogP contribution < -0.4 is 5.73 Å². The molecule has 0 unspecified atom stereocenters. The molecule has 2 heteroatoms. The van der Waals surface area contributed by atoms with Gasteiger partial charge in [0.25, 0.3) is 0 Å². The smallest absolute Gasteiger partial charge is 0.0554 e. The first-order valence-corrected chi connectivity index (χ1v) is 3.55. The number of rotatable bonds is 4. The van der Waals surface area contributed by atoms with Crippen LogP contribution in [-0.4, -0.2) is 17.8 Å². The van der Waals surface area contributed by atoms with Crippen molar-refractivity contribution in [2.24, 2.45) is 11.7 Å². The Balaban J connectivity index is 3.15. The zero-order valence-electron chi connectivity index (χ0n) is 6.30. The van der Waals surface area contributed by atoms with Crippen molar-refractivity contribution in [3.05, 3.63) is 0 Å². The molecule has 0 rings (SSSR count). The lowest BCUT2D eigenvalue weighted by atomic mass is 10.0. The Labute approximate surface area is 57.1 Å². The highest BCUT2D eigenvalue weighted by Gasteiger charge is 2.03. The molecule has 0 aliphatic carbocycles. The van der Waals surface area contributed by atoms with Crippen LogP contribution in [0.2, 0.25) is 0 Å². The zero-order valence-corrected chi connectivity index (χ0v) is 6.30. The van der Waals surface area contributed by atoms with E-state index >= 15 is 0 Å². The van der Waals surface area contributed by atoms with Crippen molar-refractivity contribution in [3.63, 3.8) is 0 Å². The van der Waals surface area contributed by atoms with E-state index in [1.54, 1.807) is 0 Å². The normalized spacial score (nSPS) is 14.3. The highest BCUT2D eigenvalue weighted by atomic mass is 16.3. The molecule has 0 fully saturated rings. The number of hydrogen-bond donors (Lipinski definition) is 2. The minimum absolute atomic E-state index is 0.185. The fraction of sp³-hybridized carbons (Fsp3) is 1.00. The van der Waals surface area contributed by atoms with Crippen LogP contribution in [0.3, 0.4) is 0 Å². The molecule has 0 saturated carbocycles. The molecule has 0 aromatic heterocycles. The Kier molecular flexibility index (Phi) is 4.72. The fourth-order valence-electron chi connectivity index (χ4n) is 0.854. The van der Waals surface area contributed by atoms with Crippen LogP contribution in [-0.2, 0) is 0 Å². The van der Waals surface area contributed by atoms with Crippen molar-refractivity contribution in [2.45, 2.75) is 32.8 Å². The minimum atomic E-state index is -0.185. The van der Waals surface area contributed by atoms with Crippen LogP contribution in [0.4, 0.5) is 0 Å². The molecule has 0 aliphatic heterocycles. The van der Waals surface area contributed by atoms with E-state index in [0.717, 1.165) is 12.8 Å². The average Bonchev–Trinajstić information content (AvgIpc) is 1.63. The second-order valence-corrected chi connectivity index (χ2v) is 2.86. The number of aliphatic hydroxyl groups excluding tert-OH is 1. The molecule has 0 aromatic carbocycles. The van der Waals surface area contributed by atoms with Gasteiger partial charge in [-0.15, -0.1) is 0 Å². The molecular formula is C7H17NO. The third kappa shape index (κ3) is 5.80. The number of hydrogen-bond acceptors (Lipinski definition) is 2. The molecule has 0 aliphatic rings. The van der Waals surface area contributed by atoms with E-state index in [9.17, 15) is 0 Å². The van der Waals surface area contributed by atoms with Gasteiger partial charge in [-0.25, -0.2) is 0 Å². The van der Waals surface area contributed by atoms with Gasteiger partial charge in [-0.1, -0.05) is 13.8 Å². The Morgan fingerprint density at radius 3 is 2.33 bits per heavy atom. The first-order valence-electron chi connectivity index (χ1n) is 3.55. The van der Waals surface area contributed by atoms with Gasteiger partial charge in [-0.2, -0.15) is 0 Å². The lowest BCUT2D eigenvalue weighted by Gasteiger charge is -2.10. The number of nitrogens with two attached hydrogens (primary N) is 1. The van der Waals surface area contributed by atoms with Gasteiger partial charge in [0.2, 0.25) is 0 Å². The predicted octanol–water partition coefficient (Wildman–Crippen LogP) is 0.742. The molecule has 9 heavy (non-hydrogen) atoms. The fourth-order valence-corrected chi connectivity index (χ4v) is 0.854. The molecule has 2 nitrogen and oxygen atoms in total. The highest BCUT2D eigenvalue weighted by molar-refractivity contribution is 4.57. The minimum Gasteiger partial charge on any atom is -0.393 e. The van der Waals surface area contributed by atoms with Crippen LogP contribution >= 0.6 is 0 Å². The summed E-state index contributed by atoms with van der Waals surface area (Å²) < 4.78 is 0. The molecule has 0 spiro atoms. The second kappa shape index (κ2) is 4.77. The van der Waals surface area contributed by atoms with Gasteiger partial charge in [-0.3, -0.25) is 0 Å². The van der Waals surface area contributed by atoms with Crippen molar-refractivity contribution in [2.75, 3.05) is 6.54 Å². The second-order valence-electron chi connectivity index (χ2n) is 2.86. The van der Waals surface area contributed by atoms with E-state index in [-0.39, 0.29) is 6.10 Å². The van der Waals surface area contributed by atoms with Gasteiger partial charge in [0.15, 0.2) is 0 Å². The maximum absolute atomic E-state index is 9.14. The Morgan fingerprint density at radius 2 is 2.00 bits per heavy atom. The van der Waals surface area contributed by atoms with Crippen LogP contribution in [0.15, 0.2) is 0 Å². The summed E-state index contributed by atoms with van der Waals surface area (Å²) in [7, 11) is 0. The zero-order chi connectivity index (χ0) is 7.28. The third-order valence-electron chi connectivity index (χ3n) is 1.24. The van der Waals surface area contributed by atoms with E-state index in [0.29, 0.717) is 12.5 Å². The van der Waals surface area contributed by atoms with Crippen LogP contribution in [0.5, 0.6) is 0 Å². The van der Waals surface area contributed by atoms with E-state index in [1.165, 1.54) is 0 Å². The van der Waals surface area contributed by atoms with Crippen molar-refractivity contribution >= 4 is 0 Å². The Morgan fingerprint density at radius 1 is 1.44 bits per heavy atom. The quantitative estimate of drug-likeness (QED) is 0.591. The van der Waals surface area contributed by atoms with Crippen molar-refractivity contribution < 1.29 is 5.11 Å². The van der Waals surface area contributed by atoms with Gasteiger partial charge in [0.05, 0.1) is 6.10 Å². The summed E-state index contributed by atoms with van der Waals surface area (Å²) in [5, 5.41) is 9.14. The van der Waals surface area contributed by atoms with Crippen molar-refractivity contribution in [1.29, 1.82) is 0 Å². The topological polar surface area (TPSA) is 46.2 Å². The molecule has 3 N–H and O–H groups in total. The van der Waals surface area contributed by atoms with Crippen molar-refractivity contribution in [3.8, 4) is 0 Å². The SMILES string of the molecule is CC(C)C[C@@H](O)CCN. The summed E-state index contributed by atoms with van der Waals surface area (Å²) in [4.78, 5) is 0. The summed E-state index contributed by atoms with van der Waals surface area (Å²) in [5.41, 5.74) is 5.25. The summed E-state index contributed by atoms with van der Waals surface area (Å²) in [6.45, 7) is 4.79. The summed E-state index contributed by atoms with van der Waals surface area (Å²) in [6.07, 6.45) is 1.42. The van der Waals surface area contributed by atoms with E-state index in [1.807, 2.05) is 0 Å². The Bertz CT molecular complexity index is 63.9. The molecule has 56 valence electrons. The maximum Gasteiger partial charge on any atom is 0.0554 e. The molecule has 1 atom stereocenters. The van der Waals surface area contributed by atoms with Gasteiger partial charge in [-0.05, 0) is 25.3 Å². The first kappa shape index (κ1) is 8.92. The van der Waals surface area contributed by atoms with Crippen LogP contribution in [0, 0.1) is 5.92 Å². The number of aliphatic hydroxyl groups is 1. The third-order valence-corrected chi connectivity index (χ3v) is 1.24. The lowest BCUT2D eigenvalue weighted by Crippen LogP contribution is -2.15. The van der Waals surface area contributed by atoms with Crippen LogP contribution in [0.25, 0.3) is 0 Å². The molecule has 0 amide bonds. The highest BCUT2D eigenvalue weighted by Crippen LogP contribution is 2.05. The Hall–Kier alpha value is -0.0800. The molecule has 0 radical (unpaired) electrons. The summed E-state index contributed by atoms with van der Waals surface area (Å²) in [6, 6.07) is 0. The van der Waals surface area contributed by atoms with E-state index in [2.05, 4.69) is 13.8 Å². The summed E-state index contributed by atoms with van der Waals surface area (Å²) >= 11 is 0. The lowest BCUT2D eigenvalue weighted by molar-refractivity contribution is 0.142. The van der Waals surface area contributed by atoms with E-state index < -0.39 is 0 Å². The molecule has 0 bridgehead atoms. The molecule has 0 aromatic rings. The molecular weight excluding hydrogens is 114 g/mol. The first-order chi connectivity index (χ1) is 4.16. The monoisotopic (exact) mass is 131 g/mol. The average molecular weight is 131 g/mol. The predicted molar refractivity (Wildman–Crippen MR) is 39.1 cm³/mol. The van der Waals surface area contributed by atoms with Crippen molar-refractivity contribution in [1.82, 2.24) is 0 Å². The van der Waals surface area contributed by atoms with Gasteiger partial charge < -0.3 is 10.8 Å². The van der Waals surface area contributed by atoms with Gasteiger partial charge >= 0.3 is 0 Å². The van der Waals surface area contributed by atoms with E-state index in [4.69, 9.17) is 10.8 Å².